The molecule has 2 N–H and O–H groups in total. The molecule has 2 aromatic rings. The molecular formula is C10H14N4OS2. The maximum Gasteiger partial charge on any atom is 0.213 e. The van der Waals surface area contributed by atoms with E-state index in [-0.39, 0.29) is 0 Å². The highest BCUT2D eigenvalue weighted by atomic mass is 32.1. The molecule has 0 atom stereocenters. The summed E-state index contributed by atoms with van der Waals surface area (Å²) in [5.74, 6) is 0.738. The van der Waals surface area contributed by atoms with Crippen LogP contribution < -0.4 is 0 Å². The molecule has 0 aliphatic heterocycles. The molecule has 2 heterocycles. The Labute approximate surface area is 108 Å². The first-order valence-electron chi connectivity index (χ1n) is 5.37. The van der Waals surface area contributed by atoms with Crippen molar-refractivity contribution in [2.45, 2.75) is 26.4 Å². The van der Waals surface area contributed by atoms with Crippen LogP contribution in [0.15, 0.2) is 0 Å². The molecule has 17 heavy (non-hydrogen) atoms. The summed E-state index contributed by atoms with van der Waals surface area (Å²) in [7, 11) is 1.66. The topological polar surface area (TPSA) is 66.6 Å². The summed E-state index contributed by atoms with van der Waals surface area (Å²) >= 11 is 6.59. The van der Waals surface area contributed by atoms with Gasteiger partial charge in [0.25, 0.3) is 0 Å². The Balaban J connectivity index is 2.39. The minimum atomic E-state index is 0.453. The zero-order valence-electron chi connectivity index (χ0n) is 9.74. The molecule has 5 nitrogen and oxygen atoms in total. The molecule has 0 aliphatic rings. The molecule has 0 bridgehead atoms. The molecule has 0 radical (unpaired) electrons. The summed E-state index contributed by atoms with van der Waals surface area (Å²) in [6, 6.07) is 0. The number of aromatic amines is 2. The summed E-state index contributed by atoms with van der Waals surface area (Å²) in [6.07, 6.45) is 2.06. The fourth-order valence-electron chi connectivity index (χ4n) is 1.52. The zero-order valence-corrected chi connectivity index (χ0v) is 11.4. The molecule has 0 amide bonds. The number of nitrogens with one attached hydrogen (secondary N) is 2. The van der Waals surface area contributed by atoms with Gasteiger partial charge in [-0.3, -0.25) is 10.2 Å². The van der Waals surface area contributed by atoms with E-state index >= 15 is 0 Å². The van der Waals surface area contributed by atoms with E-state index in [1.54, 1.807) is 18.4 Å². The first-order chi connectivity index (χ1) is 8.24. The van der Waals surface area contributed by atoms with Crippen LogP contribution in [0.3, 0.4) is 0 Å². The second-order valence-corrected chi connectivity index (χ2v) is 5.05. The number of hydrogen-bond donors (Lipinski definition) is 2. The van der Waals surface area contributed by atoms with Gasteiger partial charge in [-0.05, 0) is 25.1 Å². The molecule has 2 aromatic heterocycles. The van der Waals surface area contributed by atoms with Crippen LogP contribution in [0, 0.1) is 4.77 Å². The van der Waals surface area contributed by atoms with E-state index < -0.39 is 0 Å². The van der Waals surface area contributed by atoms with Crippen LogP contribution in [-0.4, -0.2) is 27.3 Å². The molecule has 2 rings (SSSR count). The van der Waals surface area contributed by atoms with Gasteiger partial charge in [0, 0.05) is 7.11 Å². The highest BCUT2D eigenvalue weighted by Crippen LogP contribution is 2.28. The average Bonchev–Trinajstić information content (AvgIpc) is 2.86. The van der Waals surface area contributed by atoms with Gasteiger partial charge < -0.3 is 4.74 Å². The van der Waals surface area contributed by atoms with Gasteiger partial charge >= 0.3 is 0 Å². The SMILES string of the molecule is CCCc1nc(COC)c(-c2nc(=S)[nH][nH]2)s1. The van der Waals surface area contributed by atoms with E-state index in [9.17, 15) is 0 Å². The minimum absolute atomic E-state index is 0.453. The van der Waals surface area contributed by atoms with Crippen molar-refractivity contribution >= 4 is 23.6 Å². The van der Waals surface area contributed by atoms with Gasteiger partial charge in [-0.25, -0.2) is 4.98 Å². The van der Waals surface area contributed by atoms with Crippen molar-refractivity contribution in [2.24, 2.45) is 0 Å². The molecule has 0 saturated carbocycles. The molecule has 0 aliphatic carbocycles. The van der Waals surface area contributed by atoms with E-state index in [0.29, 0.717) is 11.4 Å². The van der Waals surface area contributed by atoms with Crippen molar-refractivity contribution in [1.29, 1.82) is 0 Å². The Hall–Kier alpha value is -1.05. The number of rotatable bonds is 5. The lowest BCUT2D eigenvalue weighted by atomic mass is 10.3. The van der Waals surface area contributed by atoms with Crippen molar-refractivity contribution in [3.05, 3.63) is 15.5 Å². The number of methoxy groups -OCH3 is 1. The molecule has 0 aromatic carbocycles. The molecule has 7 heteroatoms. The third-order valence-electron chi connectivity index (χ3n) is 2.20. The molecular weight excluding hydrogens is 256 g/mol. The highest BCUT2D eigenvalue weighted by molar-refractivity contribution is 7.71. The monoisotopic (exact) mass is 270 g/mol. The van der Waals surface area contributed by atoms with Gasteiger partial charge in [0.05, 0.1) is 22.2 Å². The van der Waals surface area contributed by atoms with E-state index in [1.165, 1.54) is 0 Å². The van der Waals surface area contributed by atoms with Crippen molar-refractivity contribution < 1.29 is 4.74 Å². The Kier molecular flexibility index (Phi) is 4.03. The van der Waals surface area contributed by atoms with Crippen LogP contribution in [0.5, 0.6) is 0 Å². The third-order valence-corrected chi connectivity index (χ3v) is 3.56. The van der Waals surface area contributed by atoms with Crippen LogP contribution in [0.25, 0.3) is 10.7 Å². The molecule has 0 saturated heterocycles. The number of thiazole rings is 1. The van der Waals surface area contributed by atoms with Crippen LogP contribution in [-0.2, 0) is 17.8 Å². The lowest BCUT2D eigenvalue weighted by Crippen LogP contribution is -1.92. The van der Waals surface area contributed by atoms with Crippen LogP contribution in [0.4, 0.5) is 0 Å². The first-order valence-corrected chi connectivity index (χ1v) is 6.59. The maximum absolute atomic E-state index is 5.15. The molecule has 0 unspecified atom stereocenters. The van der Waals surface area contributed by atoms with Gasteiger partial charge in [-0.1, -0.05) is 6.92 Å². The van der Waals surface area contributed by atoms with Crippen molar-refractivity contribution in [1.82, 2.24) is 20.2 Å². The summed E-state index contributed by atoms with van der Waals surface area (Å²) in [5.41, 5.74) is 0.915. The second kappa shape index (κ2) is 5.52. The number of aryl methyl sites for hydroxylation is 1. The Morgan fingerprint density at radius 3 is 2.76 bits per heavy atom. The predicted molar refractivity (Wildman–Crippen MR) is 69.6 cm³/mol. The Morgan fingerprint density at radius 1 is 1.35 bits per heavy atom. The average molecular weight is 270 g/mol. The van der Waals surface area contributed by atoms with E-state index in [0.717, 1.165) is 34.2 Å². The number of ether oxygens (including phenoxy) is 1. The van der Waals surface area contributed by atoms with E-state index in [4.69, 9.17) is 17.0 Å². The Bertz CT molecular complexity index is 542. The predicted octanol–water partition coefficient (Wildman–Crippen LogP) is 2.69. The van der Waals surface area contributed by atoms with Crippen LogP contribution in [0.2, 0.25) is 0 Å². The van der Waals surface area contributed by atoms with Gasteiger partial charge in [0.2, 0.25) is 4.77 Å². The number of hydrogen-bond acceptors (Lipinski definition) is 5. The van der Waals surface area contributed by atoms with E-state index in [1.807, 2.05) is 0 Å². The zero-order chi connectivity index (χ0) is 12.3. The Morgan fingerprint density at radius 2 is 2.18 bits per heavy atom. The molecule has 0 fully saturated rings. The lowest BCUT2D eigenvalue weighted by molar-refractivity contribution is 0.182. The summed E-state index contributed by atoms with van der Waals surface area (Å²) < 4.78 is 5.61. The van der Waals surface area contributed by atoms with Crippen LogP contribution in [0.1, 0.15) is 24.0 Å². The lowest BCUT2D eigenvalue weighted by Gasteiger charge is -1.96. The second-order valence-electron chi connectivity index (χ2n) is 3.58. The summed E-state index contributed by atoms with van der Waals surface area (Å²) in [5, 5.41) is 6.85. The fraction of sp³-hybridized carbons (Fsp3) is 0.500. The normalized spacial score (nSPS) is 10.9. The summed E-state index contributed by atoms with van der Waals surface area (Å²) in [4.78, 5) is 9.78. The standard InChI is InChI=1S/C10H14N4OS2/c1-3-4-7-11-6(5-15-2)8(17-7)9-12-10(16)14-13-9/h3-5H2,1-2H3,(H2,12,13,14,16). The maximum atomic E-state index is 5.15. The molecule has 0 spiro atoms. The minimum Gasteiger partial charge on any atom is -0.378 e. The highest BCUT2D eigenvalue weighted by Gasteiger charge is 2.14. The number of H-pyrrole nitrogens is 2. The van der Waals surface area contributed by atoms with Gasteiger partial charge in [0.1, 0.15) is 0 Å². The quantitative estimate of drug-likeness (QED) is 0.820. The van der Waals surface area contributed by atoms with Gasteiger partial charge in [-0.15, -0.1) is 11.3 Å². The fourth-order valence-corrected chi connectivity index (χ4v) is 2.77. The number of nitrogens with zero attached hydrogens (tertiary/aromatic N) is 2. The first kappa shape index (κ1) is 12.4. The van der Waals surface area contributed by atoms with Crippen molar-refractivity contribution in [3.8, 4) is 10.7 Å². The van der Waals surface area contributed by atoms with Gasteiger partial charge in [-0.2, -0.15) is 4.98 Å². The van der Waals surface area contributed by atoms with Crippen LogP contribution >= 0.6 is 23.6 Å². The number of aromatic nitrogens is 4. The summed E-state index contributed by atoms with van der Waals surface area (Å²) in [6.45, 7) is 2.63. The van der Waals surface area contributed by atoms with Crippen molar-refractivity contribution in [2.75, 3.05) is 7.11 Å². The molecule has 92 valence electrons. The largest absolute Gasteiger partial charge is 0.378 e. The van der Waals surface area contributed by atoms with E-state index in [2.05, 4.69) is 27.1 Å². The third kappa shape index (κ3) is 2.80. The smallest absolute Gasteiger partial charge is 0.213 e. The van der Waals surface area contributed by atoms with Crippen molar-refractivity contribution in [3.63, 3.8) is 0 Å². The van der Waals surface area contributed by atoms with Gasteiger partial charge in [0.15, 0.2) is 5.82 Å².